The number of halogens is 1. The zero-order valence-electron chi connectivity index (χ0n) is 15.7. The van der Waals surface area contributed by atoms with Crippen LogP contribution in [-0.2, 0) is 4.79 Å². The van der Waals surface area contributed by atoms with Crippen LogP contribution in [0.1, 0.15) is 19.3 Å². The van der Waals surface area contributed by atoms with E-state index in [0.29, 0.717) is 37.6 Å². The molecule has 0 bridgehead atoms. The third-order valence-corrected chi connectivity index (χ3v) is 5.64. The molecule has 1 saturated heterocycles. The number of carbonyl (C=O) groups excluding carboxylic acids is 1. The van der Waals surface area contributed by atoms with E-state index >= 15 is 0 Å². The van der Waals surface area contributed by atoms with E-state index in [9.17, 15) is 19.7 Å². The highest BCUT2D eigenvalue weighted by atomic mass is 35.5. The molecular weight excluding hydrogens is 398 g/mol. The second-order valence-electron chi connectivity index (χ2n) is 7.27. The van der Waals surface area contributed by atoms with Gasteiger partial charge in [0.1, 0.15) is 5.02 Å². The van der Waals surface area contributed by atoms with Crippen molar-refractivity contribution in [3.8, 4) is 5.69 Å². The van der Waals surface area contributed by atoms with Crippen LogP contribution in [0, 0.1) is 16.0 Å². The van der Waals surface area contributed by atoms with Gasteiger partial charge in [-0.25, -0.2) is 0 Å². The lowest BCUT2D eigenvalue weighted by atomic mass is 10.3. The van der Waals surface area contributed by atoms with Crippen molar-refractivity contribution in [1.82, 2.24) is 14.7 Å². The van der Waals surface area contributed by atoms with Crippen molar-refractivity contribution in [3.63, 3.8) is 0 Å². The van der Waals surface area contributed by atoms with Crippen LogP contribution in [-0.4, -0.2) is 51.7 Å². The normalized spacial score (nSPS) is 17.1. The maximum atomic E-state index is 12.8. The van der Waals surface area contributed by atoms with Crippen molar-refractivity contribution in [1.29, 1.82) is 0 Å². The summed E-state index contributed by atoms with van der Waals surface area (Å²) >= 11 is 6.37. The number of nitro groups is 1. The Hall–Kier alpha value is -2.94. The third-order valence-electron chi connectivity index (χ3n) is 5.28. The highest BCUT2D eigenvalue weighted by Crippen LogP contribution is 2.31. The van der Waals surface area contributed by atoms with Crippen LogP contribution in [0.5, 0.6) is 0 Å². The van der Waals surface area contributed by atoms with Gasteiger partial charge in [0.25, 0.3) is 11.2 Å². The van der Waals surface area contributed by atoms with Gasteiger partial charge < -0.3 is 9.80 Å². The fraction of sp³-hybridized carbons (Fsp3) is 0.421. The molecule has 29 heavy (non-hydrogen) atoms. The fourth-order valence-electron chi connectivity index (χ4n) is 3.51. The number of hydrogen-bond acceptors (Lipinski definition) is 6. The second kappa shape index (κ2) is 7.82. The lowest BCUT2D eigenvalue weighted by Crippen LogP contribution is -2.36. The van der Waals surface area contributed by atoms with Gasteiger partial charge in [-0.1, -0.05) is 11.6 Å². The van der Waals surface area contributed by atoms with Crippen LogP contribution >= 0.6 is 11.6 Å². The molecule has 1 amide bonds. The van der Waals surface area contributed by atoms with Gasteiger partial charge in [-0.05, 0) is 31.4 Å². The van der Waals surface area contributed by atoms with E-state index in [0.717, 1.165) is 23.9 Å². The second-order valence-corrected chi connectivity index (χ2v) is 7.65. The predicted molar refractivity (Wildman–Crippen MR) is 108 cm³/mol. The highest BCUT2D eigenvalue weighted by molar-refractivity contribution is 6.33. The minimum Gasteiger partial charge on any atom is -0.367 e. The van der Waals surface area contributed by atoms with Crippen molar-refractivity contribution >= 4 is 28.9 Å². The first-order valence-electron chi connectivity index (χ1n) is 9.52. The van der Waals surface area contributed by atoms with Crippen LogP contribution < -0.4 is 10.5 Å². The number of anilines is 1. The molecule has 1 saturated carbocycles. The maximum absolute atomic E-state index is 12.8. The molecule has 10 heteroatoms. The van der Waals surface area contributed by atoms with Crippen LogP contribution in [0.2, 0.25) is 5.02 Å². The first kappa shape index (κ1) is 19.4. The zero-order chi connectivity index (χ0) is 20.5. The number of rotatable bonds is 4. The van der Waals surface area contributed by atoms with Crippen molar-refractivity contribution in [2.45, 2.75) is 19.3 Å². The van der Waals surface area contributed by atoms with Crippen molar-refractivity contribution in [3.05, 3.63) is 56.0 Å². The first-order chi connectivity index (χ1) is 14.0. The zero-order valence-corrected chi connectivity index (χ0v) is 16.4. The van der Waals surface area contributed by atoms with E-state index in [1.165, 1.54) is 30.5 Å². The Balaban J connectivity index is 1.54. The van der Waals surface area contributed by atoms with Gasteiger partial charge in [0.15, 0.2) is 0 Å². The largest absolute Gasteiger partial charge is 0.367 e. The molecule has 2 aliphatic rings. The monoisotopic (exact) mass is 417 g/mol. The summed E-state index contributed by atoms with van der Waals surface area (Å²) in [6.45, 7) is 2.56. The number of hydrogen-bond donors (Lipinski definition) is 0. The van der Waals surface area contributed by atoms with Crippen molar-refractivity contribution in [2.75, 3.05) is 31.1 Å². The molecule has 2 fully saturated rings. The van der Waals surface area contributed by atoms with E-state index in [1.54, 1.807) is 0 Å². The lowest BCUT2D eigenvalue weighted by Gasteiger charge is -2.24. The van der Waals surface area contributed by atoms with E-state index in [-0.39, 0.29) is 22.5 Å². The van der Waals surface area contributed by atoms with E-state index < -0.39 is 10.5 Å². The van der Waals surface area contributed by atoms with Gasteiger partial charge in [-0.3, -0.25) is 19.7 Å². The minimum atomic E-state index is -0.507. The Bertz CT molecular complexity index is 1000. The molecule has 2 aromatic rings. The van der Waals surface area contributed by atoms with E-state index in [4.69, 9.17) is 11.6 Å². The molecule has 152 valence electrons. The SMILES string of the molecule is O=C(C1CC1)N1CCCN(c2cnn(-c3ccc([N+](=O)[O-])cc3)c(=O)c2Cl)CC1. The molecule has 0 N–H and O–H groups in total. The molecular formula is C19H20ClN5O4. The smallest absolute Gasteiger partial charge is 0.292 e. The summed E-state index contributed by atoms with van der Waals surface area (Å²) in [5.74, 6) is 0.419. The summed E-state index contributed by atoms with van der Waals surface area (Å²) in [6, 6.07) is 5.53. The number of aromatic nitrogens is 2. The number of benzene rings is 1. The third kappa shape index (κ3) is 3.95. The molecule has 2 heterocycles. The molecule has 0 spiro atoms. The summed E-state index contributed by atoms with van der Waals surface area (Å²) in [4.78, 5) is 39.2. The first-order valence-corrected chi connectivity index (χ1v) is 9.90. The molecule has 1 aliphatic heterocycles. The lowest BCUT2D eigenvalue weighted by molar-refractivity contribution is -0.384. The van der Waals surface area contributed by atoms with Crippen molar-refractivity contribution < 1.29 is 9.72 Å². The van der Waals surface area contributed by atoms with Gasteiger partial charge in [0.2, 0.25) is 5.91 Å². The summed E-state index contributed by atoms with van der Waals surface area (Å²) in [7, 11) is 0. The van der Waals surface area contributed by atoms with Crippen LogP contribution in [0.4, 0.5) is 11.4 Å². The summed E-state index contributed by atoms with van der Waals surface area (Å²) in [5, 5.41) is 15.0. The minimum absolute atomic E-state index is 0.0420. The number of nitrogens with zero attached hydrogens (tertiary/aromatic N) is 5. The standard InChI is InChI=1S/C19H20ClN5O4/c20-17-16(22-8-1-9-23(11-10-22)18(26)13-2-3-13)12-21-24(19(17)27)14-4-6-15(7-5-14)25(28)29/h4-7,12-13H,1-3,8-11H2. The Labute approximate surface area is 171 Å². The molecule has 0 unspecified atom stereocenters. The van der Waals surface area contributed by atoms with Gasteiger partial charge in [-0.2, -0.15) is 9.78 Å². The number of non-ortho nitro benzene ring substituents is 1. The van der Waals surface area contributed by atoms with Crippen molar-refractivity contribution in [2.24, 2.45) is 5.92 Å². The molecule has 1 aliphatic carbocycles. The maximum Gasteiger partial charge on any atom is 0.292 e. The Morgan fingerprint density at radius 2 is 1.86 bits per heavy atom. The van der Waals surface area contributed by atoms with Crippen LogP contribution in [0.25, 0.3) is 5.69 Å². The fourth-order valence-corrected chi connectivity index (χ4v) is 3.76. The molecule has 1 aromatic heterocycles. The van der Waals surface area contributed by atoms with Gasteiger partial charge in [-0.15, -0.1) is 0 Å². The molecule has 9 nitrogen and oxygen atoms in total. The summed E-state index contributed by atoms with van der Waals surface area (Å²) < 4.78 is 1.12. The molecule has 4 rings (SSSR count). The van der Waals surface area contributed by atoms with Gasteiger partial charge >= 0.3 is 0 Å². The van der Waals surface area contributed by atoms with Gasteiger partial charge in [0.05, 0.1) is 22.5 Å². The Morgan fingerprint density at radius 3 is 2.52 bits per heavy atom. The molecule has 0 atom stereocenters. The molecule has 1 aromatic carbocycles. The predicted octanol–water partition coefficient (Wildman–Crippen LogP) is 2.24. The topological polar surface area (TPSA) is 102 Å². The van der Waals surface area contributed by atoms with Crippen LogP contribution in [0.3, 0.4) is 0 Å². The summed E-state index contributed by atoms with van der Waals surface area (Å²) in [5.41, 5.74) is 0.370. The number of carbonyl (C=O) groups is 1. The molecule has 0 radical (unpaired) electrons. The van der Waals surface area contributed by atoms with E-state index in [1.807, 2.05) is 9.80 Å². The average Bonchev–Trinajstić information content (AvgIpc) is 3.57. The van der Waals surface area contributed by atoms with Gasteiger partial charge in [0, 0.05) is 44.2 Å². The Kier molecular flexibility index (Phi) is 5.23. The van der Waals surface area contributed by atoms with E-state index in [2.05, 4.69) is 5.10 Å². The highest BCUT2D eigenvalue weighted by Gasteiger charge is 2.34. The Morgan fingerprint density at radius 1 is 1.14 bits per heavy atom. The summed E-state index contributed by atoms with van der Waals surface area (Å²) in [6.07, 6.45) is 4.29. The van der Waals surface area contributed by atoms with Crippen LogP contribution in [0.15, 0.2) is 35.3 Å². The quantitative estimate of drug-likeness (QED) is 0.558. The average molecular weight is 418 g/mol. The number of nitro benzene ring substituents is 1. The number of amides is 1.